The number of ether oxygens (including phenoxy) is 2. The zero-order chi connectivity index (χ0) is 12.1. The first-order valence-corrected chi connectivity index (χ1v) is 6.20. The Morgan fingerprint density at radius 2 is 2.06 bits per heavy atom. The van der Waals surface area contributed by atoms with E-state index in [4.69, 9.17) is 9.47 Å². The van der Waals surface area contributed by atoms with Gasteiger partial charge in [0.1, 0.15) is 6.10 Å². The van der Waals surface area contributed by atoms with E-state index in [-0.39, 0.29) is 18.2 Å². The monoisotopic (exact) mass is 234 g/mol. The van der Waals surface area contributed by atoms with E-state index in [1.54, 1.807) is 0 Å². The van der Waals surface area contributed by atoms with Crippen molar-refractivity contribution in [2.75, 3.05) is 6.61 Å². The van der Waals surface area contributed by atoms with Crippen LogP contribution in [0, 0.1) is 0 Å². The van der Waals surface area contributed by atoms with Crippen LogP contribution in [0.1, 0.15) is 37.9 Å². The molecule has 2 rings (SSSR count). The third-order valence-electron chi connectivity index (χ3n) is 2.84. The summed E-state index contributed by atoms with van der Waals surface area (Å²) in [5.41, 5.74) is 1.04. The van der Waals surface area contributed by atoms with Gasteiger partial charge in [0.2, 0.25) is 0 Å². The van der Waals surface area contributed by atoms with E-state index in [1.807, 2.05) is 30.3 Å². The molecule has 1 aliphatic heterocycles. The predicted molar refractivity (Wildman–Crippen MR) is 64.5 cm³/mol. The van der Waals surface area contributed by atoms with Crippen LogP contribution >= 0.6 is 0 Å². The van der Waals surface area contributed by atoms with Crippen LogP contribution < -0.4 is 0 Å². The number of hydrogen-bond acceptors (Lipinski definition) is 3. The third kappa shape index (κ3) is 3.30. The summed E-state index contributed by atoms with van der Waals surface area (Å²) < 4.78 is 10.5. The largest absolute Gasteiger partial charge is 0.464 e. The number of hydrogen-bond donors (Lipinski definition) is 0. The van der Waals surface area contributed by atoms with E-state index in [0.717, 1.165) is 24.8 Å². The SMILES string of the molecule is CCCCCOC(=O)C1OC1c1ccccc1. The van der Waals surface area contributed by atoms with Crippen LogP contribution in [-0.4, -0.2) is 18.7 Å². The normalized spacial score (nSPS) is 22.2. The first-order chi connectivity index (χ1) is 8.33. The summed E-state index contributed by atoms with van der Waals surface area (Å²) in [6.45, 7) is 2.63. The number of rotatable bonds is 6. The molecule has 1 saturated heterocycles. The van der Waals surface area contributed by atoms with Crippen molar-refractivity contribution in [2.45, 2.75) is 38.4 Å². The zero-order valence-electron chi connectivity index (χ0n) is 10.1. The van der Waals surface area contributed by atoms with Gasteiger partial charge < -0.3 is 9.47 Å². The molecule has 0 N–H and O–H groups in total. The van der Waals surface area contributed by atoms with Gasteiger partial charge in [-0.15, -0.1) is 0 Å². The van der Waals surface area contributed by atoms with Crippen LogP contribution in [0.3, 0.4) is 0 Å². The Morgan fingerprint density at radius 3 is 2.76 bits per heavy atom. The molecular weight excluding hydrogens is 216 g/mol. The summed E-state index contributed by atoms with van der Waals surface area (Å²) in [6.07, 6.45) is 2.67. The molecule has 92 valence electrons. The van der Waals surface area contributed by atoms with E-state index < -0.39 is 0 Å². The number of unbranched alkanes of at least 4 members (excludes halogenated alkanes) is 2. The molecule has 0 amide bonds. The summed E-state index contributed by atoms with van der Waals surface area (Å²) in [5.74, 6) is -0.227. The van der Waals surface area contributed by atoms with Crippen molar-refractivity contribution in [3.05, 3.63) is 35.9 Å². The van der Waals surface area contributed by atoms with Gasteiger partial charge >= 0.3 is 5.97 Å². The highest BCUT2D eigenvalue weighted by molar-refractivity contribution is 5.78. The maximum Gasteiger partial charge on any atom is 0.338 e. The van der Waals surface area contributed by atoms with Crippen molar-refractivity contribution in [1.82, 2.24) is 0 Å². The molecule has 0 spiro atoms. The molecule has 0 bridgehead atoms. The molecule has 1 aromatic carbocycles. The second kappa shape index (κ2) is 5.82. The van der Waals surface area contributed by atoms with Crippen molar-refractivity contribution in [1.29, 1.82) is 0 Å². The number of benzene rings is 1. The van der Waals surface area contributed by atoms with Crippen LogP contribution in [0.25, 0.3) is 0 Å². The molecule has 0 saturated carbocycles. The predicted octanol–water partition coefficient (Wildman–Crippen LogP) is 2.86. The average Bonchev–Trinajstić information content (AvgIpc) is 3.16. The lowest BCUT2D eigenvalue weighted by molar-refractivity contribution is -0.145. The van der Waals surface area contributed by atoms with Crippen molar-refractivity contribution in [3.8, 4) is 0 Å². The average molecular weight is 234 g/mol. The lowest BCUT2D eigenvalue weighted by atomic mass is 10.1. The summed E-state index contributed by atoms with van der Waals surface area (Å²) in [5, 5.41) is 0. The highest BCUT2D eigenvalue weighted by atomic mass is 16.6. The third-order valence-corrected chi connectivity index (χ3v) is 2.84. The minimum Gasteiger partial charge on any atom is -0.464 e. The van der Waals surface area contributed by atoms with Crippen LogP contribution in [-0.2, 0) is 14.3 Å². The van der Waals surface area contributed by atoms with Gasteiger partial charge in [-0.05, 0) is 12.0 Å². The van der Waals surface area contributed by atoms with E-state index >= 15 is 0 Å². The van der Waals surface area contributed by atoms with E-state index in [1.165, 1.54) is 0 Å². The molecule has 1 aliphatic rings. The fraction of sp³-hybridized carbons (Fsp3) is 0.500. The quantitative estimate of drug-likeness (QED) is 0.431. The molecule has 0 radical (unpaired) electrons. The van der Waals surface area contributed by atoms with Crippen LogP contribution in [0.4, 0.5) is 0 Å². The second-order valence-electron chi connectivity index (χ2n) is 4.26. The number of carbonyl (C=O) groups excluding carboxylic acids is 1. The summed E-state index contributed by atoms with van der Waals surface area (Å²) >= 11 is 0. The topological polar surface area (TPSA) is 38.8 Å². The Hall–Kier alpha value is -1.35. The minimum absolute atomic E-state index is 0.102. The smallest absolute Gasteiger partial charge is 0.338 e. The molecule has 1 aromatic rings. The first kappa shape index (κ1) is 12.1. The number of carbonyl (C=O) groups is 1. The van der Waals surface area contributed by atoms with E-state index in [2.05, 4.69) is 6.92 Å². The fourth-order valence-corrected chi connectivity index (χ4v) is 1.79. The molecule has 0 aromatic heterocycles. The molecule has 2 unspecified atom stereocenters. The van der Waals surface area contributed by atoms with Crippen molar-refractivity contribution in [2.24, 2.45) is 0 Å². The first-order valence-electron chi connectivity index (χ1n) is 6.20. The van der Waals surface area contributed by atoms with E-state index in [9.17, 15) is 4.79 Å². The Bertz CT molecular complexity index is 361. The standard InChI is InChI=1S/C14H18O3/c1-2-3-7-10-16-14(15)13-12(17-13)11-8-5-4-6-9-11/h4-6,8-9,12-13H,2-3,7,10H2,1H3. The van der Waals surface area contributed by atoms with Gasteiger partial charge in [-0.1, -0.05) is 50.1 Å². The lowest BCUT2D eigenvalue weighted by Gasteiger charge is -2.01. The summed E-state index contributed by atoms with van der Waals surface area (Å²) in [7, 11) is 0. The number of esters is 1. The Kier molecular flexibility index (Phi) is 4.15. The molecule has 3 heteroatoms. The molecule has 0 aliphatic carbocycles. The van der Waals surface area contributed by atoms with Gasteiger partial charge in [-0.25, -0.2) is 4.79 Å². The zero-order valence-corrected chi connectivity index (χ0v) is 10.1. The maximum absolute atomic E-state index is 11.6. The summed E-state index contributed by atoms with van der Waals surface area (Å²) in [4.78, 5) is 11.6. The van der Waals surface area contributed by atoms with Gasteiger partial charge in [0, 0.05) is 0 Å². The molecule has 1 fully saturated rings. The van der Waals surface area contributed by atoms with Crippen LogP contribution in [0.2, 0.25) is 0 Å². The number of epoxide rings is 1. The van der Waals surface area contributed by atoms with Crippen molar-refractivity contribution in [3.63, 3.8) is 0 Å². The van der Waals surface area contributed by atoms with Gasteiger partial charge in [0.05, 0.1) is 6.61 Å². The van der Waals surface area contributed by atoms with Crippen LogP contribution in [0.5, 0.6) is 0 Å². The lowest BCUT2D eigenvalue weighted by Crippen LogP contribution is -2.13. The molecule has 3 nitrogen and oxygen atoms in total. The van der Waals surface area contributed by atoms with Gasteiger partial charge in [0.15, 0.2) is 6.10 Å². The van der Waals surface area contributed by atoms with Gasteiger partial charge in [-0.3, -0.25) is 0 Å². The Balaban J connectivity index is 1.73. The van der Waals surface area contributed by atoms with Crippen molar-refractivity contribution < 1.29 is 14.3 Å². The summed E-state index contributed by atoms with van der Waals surface area (Å²) in [6, 6.07) is 9.77. The van der Waals surface area contributed by atoms with Gasteiger partial charge in [-0.2, -0.15) is 0 Å². The van der Waals surface area contributed by atoms with Gasteiger partial charge in [0.25, 0.3) is 0 Å². The molecular formula is C14H18O3. The Labute approximate surface area is 102 Å². The van der Waals surface area contributed by atoms with Crippen molar-refractivity contribution >= 4 is 5.97 Å². The highest BCUT2D eigenvalue weighted by Crippen LogP contribution is 2.39. The maximum atomic E-state index is 11.6. The second-order valence-corrected chi connectivity index (χ2v) is 4.26. The minimum atomic E-state index is -0.390. The fourth-order valence-electron chi connectivity index (χ4n) is 1.79. The molecule has 17 heavy (non-hydrogen) atoms. The Morgan fingerprint density at radius 1 is 1.29 bits per heavy atom. The highest BCUT2D eigenvalue weighted by Gasteiger charge is 2.47. The van der Waals surface area contributed by atoms with Crippen LogP contribution in [0.15, 0.2) is 30.3 Å². The molecule has 2 atom stereocenters. The van der Waals surface area contributed by atoms with E-state index in [0.29, 0.717) is 6.61 Å². The molecule has 1 heterocycles.